The highest BCUT2D eigenvalue weighted by molar-refractivity contribution is 7.92. The second-order valence-electron chi connectivity index (χ2n) is 5.50. The Morgan fingerprint density at radius 2 is 2.12 bits per heavy atom. The number of anilines is 2. The van der Waals surface area contributed by atoms with Crippen LogP contribution in [0, 0.1) is 6.92 Å². The second-order valence-corrected chi connectivity index (χ2v) is 7.18. The minimum atomic E-state index is -3.82. The summed E-state index contributed by atoms with van der Waals surface area (Å²) in [7, 11) is -3.82. The van der Waals surface area contributed by atoms with Crippen molar-refractivity contribution in [3.63, 3.8) is 0 Å². The van der Waals surface area contributed by atoms with Crippen molar-refractivity contribution >= 4 is 27.4 Å². The van der Waals surface area contributed by atoms with Crippen molar-refractivity contribution < 1.29 is 17.9 Å². The fourth-order valence-corrected chi connectivity index (χ4v) is 3.44. The lowest BCUT2D eigenvalue weighted by Crippen LogP contribution is -2.34. The van der Waals surface area contributed by atoms with E-state index >= 15 is 0 Å². The summed E-state index contributed by atoms with van der Waals surface area (Å²) >= 11 is 0. The van der Waals surface area contributed by atoms with E-state index in [4.69, 9.17) is 4.74 Å². The zero-order valence-electron chi connectivity index (χ0n) is 13.5. The second kappa shape index (κ2) is 5.82. The van der Waals surface area contributed by atoms with Gasteiger partial charge in [-0.05, 0) is 39.0 Å². The molecule has 0 fully saturated rings. The number of carbonyl (C=O) groups is 1. The van der Waals surface area contributed by atoms with Gasteiger partial charge < -0.3 is 10.1 Å². The Balaban J connectivity index is 1.90. The van der Waals surface area contributed by atoms with Crippen molar-refractivity contribution in [2.45, 2.75) is 38.3 Å². The SMILES string of the molecule is CCn1nc(NS(=O)(=O)c2ccc3c(c2)NC(=O)C(C)O3)cc1C. The van der Waals surface area contributed by atoms with Crippen molar-refractivity contribution in [1.29, 1.82) is 0 Å². The Labute approximate surface area is 139 Å². The number of aromatic nitrogens is 2. The summed E-state index contributed by atoms with van der Waals surface area (Å²) in [4.78, 5) is 11.7. The lowest BCUT2D eigenvalue weighted by atomic mass is 10.2. The molecule has 1 aromatic heterocycles. The van der Waals surface area contributed by atoms with Gasteiger partial charge in [-0.3, -0.25) is 14.2 Å². The van der Waals surface area contributed by atoms with Crippen LogP contribution in [0.2, 0.25) is 0 Å². The number of hydrogen-bond donors (Lipinski definition) is 2. The van der Waals surface area contributed by atoms with E-state index in [1.54, 1.807) is 17.7 Å². The summed E-state index contributed by atoms with van der Waals surface area (Å²) in [6.07, 6.45) is -0.612. The number of hydrogen-bond acceptors (Lipinski definition) is 5. The van der Waals surface area contributed by atoms with Gasteiger partial charge in [0.05, 0.1) is 10.6 Å². The third-order valence-corrected chi connectivity index (χ3v) is 5.06. The molecule has 1 aromatic carbocycles. The van der Waals surface area contributed by atoms with Gasteiger partial charge in [0.1, 0.15) is 5.75 Å². The predicted octanol–water partition coefficient (Wildman–Crippen LogP) is 1.73. The number of nitrogens with zero attached hydrogens (tertiary/aromatic N) is 2. The van der Waals surface area contributed by atoms with Gasteiger partial charge in [0.2, 0.25) is 0 Å². The minimum Gasteiger partial charge on any atom is -0.479 e. The zero-order chi connectivity index (χ0) is 17.5. The van der Waals surface area contributed by atoms with Gasteiger partial charge in [-0.1, -0.05) is 0 Å². The molecule has 1 amide bonds. The highest BCUT2D eigenvalue weighted by Gasteiger charge is 2.26. The van der Waals surface area contributed by atoms with Crippen LogP contribution in [-0.4, -0.2) is 30.2 Å². The molecule has 128 valence electrons. The molecule has 1 aliphatic heterocycles. The smallest absolute Gasteiger partial charge is 0.265 e. The van der Waals surface area contributed by atoms with Gasteiger partial charge in [-0.2, -0.15) is 5.10 Å². The van der Waals surface area contributed by atoms with E-state index in [2.05, 4.69) is 15.1 Å². The van der Waals surface area contributed by atoms with Gasteiger partial charge in [-0.25, -0.2) is 8.42 Å². The van der Waals surface area contributed by atoms with E-state index in [-0.39, 0.29) is 16.6 Å². The molecule has 2 N–H and O–H groups in total. The maximum atomic E-state index is 12.5. The topological polar surface area (TPSA) is 102 Å². The van der Waals surface area contributed by atoms with E-state index < -0.39 is 16.1 Å². The molecule has 0 spiro atoms. The summed E-state index contributed by atoms with van der Waals surface area (Å²) in [6, 6.07) is 5.97. The first kappa shape index (κ1) is 16.3. The molecule has 0 saturated heterocycles. The molecule has 9 heteroatoms. The molecule has 1 aliphatic rings. The Kier molecular flexibility index (Phi) is 3.96. The molecule has 1 atom stereocenters. The molecular weight excluding hydrogens is 332 g/mol. The fraction of sp³-hybridized carbons (Fsp3) is 0.333. The van der Waals surface area contributed by atoms with Gasteiger partial charge in [0, 0.05) is 18.3 Å². The van der Waals surface area contributed by atoms with Crippen LogP contribution in [0.3, 0.4) is 0 Å². The van der Waals surface area contributed by atoms with E-state index in [9.17, 15) is 13.2 Å². The third-order valence-electron chi connectivity index (χ3n) is 3.71. The highest BCUT2D eigenvalue weighted by atomic mass is 32.2. The number of nitrogens with one attached hydrogen (secondary N) is 2. The van der Waals surface area contributed by atoms with Crippen LogP contribution >= 0.6 is 0 Å². The van der Waals surface area contributed by atoms with Crippen LogP contribution < -0.4 is 14.8 Å². The lowest BCUT2D eigenvalue weighted by Gasteiger charge is -2.23. The largest absolute Gasteiger partial charge is 0.479 e. The zero-order valence-corrected chi connectivity index (χ0v) is 14.3. The maximum Gasteiger partial charge on any atom is 0.265 e. The number of fused-ring (bicyclic) bond motifs is 1. The van der Waals surface area contributed by atoms with Gasteiger partial charge >= 0.3 is 0 Å². The molecule has 0 bridgehead atoms. The molecule has 2 heterocycles. The molecule has 0 saturated carbocycles. The summed E-state index contributed by atoms with van der Waals surface area (Å²) in [6.45, 7) is 6.04. The summed E-state index contributed by atoms with van der Waals surface area (Å²) in [5, 5.41) is 6.81. The Morgan fingerprint density at radius 1 is 1.38 bits per heavy atom. The monoisotopic (exact) mass is 350 g/mol. The van der Waals surface area contributed by atoms with Gasteiger partial charge in [-0.15, -0.1) is 0 Å². The Hall–Kier alpha value is -2.55. The first-order valence-electron chi connectivity index (χ1n) is 7.49. The van der Waals surface area contributed by atoms with Crippen molar-refractivity contribution in [3.05, 3.63) is 30.0 Å². The van der Waals surface area contributed by atoms with Crippen molar-refractivity contribution in [1.82, 2.24) is 9.78 Å². The standard InChI is InChI=1S/C15H18N4O4S/c1-4-19-9(2)7-14(17-19)18-24(21,22)11-5-6-13-12(8-11)16-15(20)10(3)23-13/h5-8,10H,4H2,1-3H3,(H,16,20)(H,17,18). The van der Waals surface area contributed by atoms with E-state index in [0.717, 1.165) is 5.69 Å². The first-order chi connectivity index (χ1) is 11.3. The number of aryl methyl sites for hydroxylation is 2. The summed E-state index contributed by atoms with van der Waals surface area (Å²) in [5.41, 5.74) is 1.19. The molecule has 1 unspecified atom stereocenters. The van der Waals surface area contributed by atoms with E-state index in [1.165, 1.54) is 18.2 Å². The number of benzene rings is 1. The quantitative estimate of drug-likeness (QED) is 0.874. The number of rotatable bonds is 4. The number of carbonyl (C=O) groups excluding carboxylic acids is 1. The molecule has 2 aromatic rings. The van der Waals surface area contributed by atoms with Crippen molar-refractivity contribution in [2.24, 2.45) is 0 Å². The average Bonchev–Trinajstić information content (AvgIpc) is 2.86. The molecule has 24 heavy (non-hydrogen) atoms. The highest BCUT2D eigenvalue weighted by Crippen LogP contribution is 2.32. The van der Waals surface area contributed by atoms with Crippen LogP contribution in [0.4, 0.5) is 11.5 Å². The van der Waals surface area contributed by atoms with E-state index in [0.29, 0.717) is 18.0 Å². The summed E-state index contributed by atoms with van der Waals surface area (Å²) < 4.78 is 34.6. The average molecular weight is 350 g/mol. The lowest BCUT2D eigenvalue weighted by molar-refractivity contribution is -0.122. The van der Waals surface area contributed by atoms with Crippen LogP contribution in [0.1, 0.15) is 19.5 Å². The van der Waals surface area contributed by atoms with Crippen LogP contribution in [0.15, 0.2) is 29.2 Å². The van der Waals surface area contributed by atoms with Crippen LogP contribution in [0.25, 0.3) is 0 Å². The molecule has 0 aliphatic carbocycles. The molecule has 8 nitrogen and oxygen atoms in total. The Morgan fingerprint density at radius 3 is 2.79 bits per heavy atom. The number of ether oxygens (including phenoxy) is 1. The minimum absolute atomic E-state index is 0.0170. The van der Waals surface area contributed by atoms with Gasteiger partial charge in [0.25, 0.3) is 15.9 Å². The molecule has 0 radical (unpaired) electrons. The van der Waals surface area contributed by atoms with Crippen molar-refractivity contribution in [3.8, 4) is 5.75 Å². The summed E-state index contributed by atoms with van der Waals surface area (Å²) in [5.74, 6) is 0.371. The van der Waals surface area contributed by atoms with Crippen molar-refractivity contribution in [2.75, 3.05) is 10.0 Å². The number of amides is 1. The van der Waals surface area contributed by atoms with E-state index in [1.807, 2.05) is 13.8 Å². The third kappa shape index (κ3) is 2.94. The fourth-order valence-electron chi connectivity index (χ4n) is 2.43. The maximum absolute atomic E-state index is 12.5. The molecular formula is C15H18N4O4S. The Bertz CT molecular complexity index is 904. The first-order valence-corrected chi connectivity index (χ1v) is 8.97. The van der Waals surface area contributed by atoms with Crippen LogP contribution in [-0.2, 0) is 21.4 Å². The van der Waals surface area contributed by atoms with Gasteiger partial charge in [0.15, 0.2) is 11.9 Å². The molecule has 3 rings (SSSR count). The number of sulfonamides is 1. The predicted molar refractivity (Wildman–Crippen MR) is 88.6 cm³/mol. The van der Waals surface area contributed by atoms with Crippen LogP contribution in [0.5, 0.6) is 5.75 Å². The normalized spacial score (nSPS) is 17.0.